The van der Waals surface area contributed by atoms with Gasteiger partial charge in [0, 0.05) is 37.3 Å². The summed E-state index contributed by atoms with van der Waals surface area (Å²) in [5.74, 6) is -0.374. The van der Waals surface area contributed by atoms with Crippen LogP contribution < -0.4 is 10.7 Å². The van der Waals surface area contributed by atoms with Gasteiger partial charge in [-0.05, 0) is 55.5 Å². The van der Waals surface area contributed by atoms with Crippen LogP contribution in [-0.4, -0.2) is 35.8 Å². The second-order valence-corrected chi connectivity index (χ2v) is 12.1. The molecule has 1 amide bonds. The van der Waals surface area contributed by atoms with Crippen molar-refractivity contribution in [1.82, 2.24) is 14.2 Å². The largest absolute Gasteiger partial charge is 0.349 e. The summed E-state index contributed by atoms with van der Waals surface area (Å²) in [4.78, 5) is 26.9. The van der Waals surface area contributed by atoms with Crippen molar-refractivity contribution in [3.8, 4) is 0 Å². The lowest BCUT2D eigenvalue weighted by atomic mass is 9.96. The van der Waals surface area contributed by atoms with Crippen LogP contribution in [-0.2, 0) is 29.5 Å². The molecule has 0 unspecified atom stereocenters. The molecule has 2 aliphatic rings. The molecule has 0 radical (unpaired) electrons. The predicted molar refractivity (Wildman–Crippen MR) is 145 cm³/mol. The molecule has 1 aliphatic carbocycles. The van der Waals surface area contributed by atoms with Crippen LogP contribution >= 0.6 is 0 Å². The fraction of sp³-hybridized carbons (Fsp3) is 0.448. The third-order valence-corrected chi connectivity index (χ3v) is 9.65. The number of aromatic nitrogens is 1. The highest BCUT2D eigenvalue weighted by atomic mass is 32.2. The van der Waals surface area contributed by atoms with Gasteiger partial charge in [0.25, 0.3) is 5.91 Å². The molecule has 1 aromatic heterocycles. The molecule has 1 fully saturated rings. The van der Waals surface area contributed by atoms with E-state index in [2.05, 4.69) is 5.32 Å². The molecule has 5 rings (SSSR count). The first-order valence-corrected chi connectivity index (χ1v) is 14.9. The fourth-order valence-electron chi connectivity index (χ4n) is 5.65. The number of benzene rings is 2. The maximum Gasteiger partial charge on any atom is 0.256 e. The van der Waals surface area contributed by atoms with Gasteiger partial charge in [0.1, 0.15) is 5.56 Å². The van der Waals surface area contributed by atoms with Crippen LogP contribution in [0.5, 0.6) is 0 Å². The van der Waals surface area contributed by atoms with Crippen molar-refractivity contribution in [2.24, 2.45) is 0 Å². The molecular weight excluding hydrogens is 486 g/mol. The van der Waals surface area contributed by atoms with Crippen molar-refractivity contribution in [1.29, 1.82) is 0 Å². The number of amides is 1. The van der Waals surface area contributed by atoms with Gasteiger partial charge in [0.05, 0.1) is 10.4 Å². The Morgan fingerprint density at radius 1 is 1.00 bits per heavy atom. The molecule has 0 bridgehead atoms. The van der Waals surface area contributed by atoms with Gasteiger partial charge in [-0.2, -0.15) is 4.31 Å². The number of aryl methyl sites for hydroxylation is 1. The lowest BCUT2D eigenvalue weighted by Gasteiger charge is -2.28. The van der Waals surface area contributed by atoms with E-state index in [9.17, 15) is 18.0 Å². The lowest BCUT2D eigenvalue weighted by Crippen LogP contribution is -2.38. The van der Waals surface area contributed by atoms with Crippen LogP contribution in [0.4, 0.5) is 0 Å². The van der Waals surface area contributed by atoms with E-state index < -0.39 is 15.5 Å². The number of rotatable bonds is 5. The number of pyridine rings is 1. The molecule has 0 spiro atoms. The Morgan fingerprint density at radius 2 is 1.70 bits per heavy atom. The molecule has 2 aromatic carbocycles. The number of nitrogens with zero attached hydrogens (tertiary/aromatic N) is 2. The van der Waals surface area contributed by atoms with E-state index in [-0.39, 0.29) is 27.8 Å². The van der Waals surface area contributed by atoms with Gasteiger partial charge < -0.3 is 9.88 Å². The Hall–Kier alpha value is -2.97. The number of nitrogens with one attached hydrogen (secondary N) is 1. The summed E-state index contributed by atoms with van der Waals surface area (Å²) < 4.78 is 30.5. The van der Waals surface area contributed by atoms with Crippen molar-refractivity contribution >= 4 is 26.8 Å². The zero-order valence-corrected chi connectivity index (χ0v) is 22.2. The van der Waals surface area contributed by atoms with Crippen LogP contribution in [0.25, 0.3) is 10.9 Å². The van der Waals surface area contributed by atoms with Crippen molar-refractivity contribution in [3.05, 3.63) is 75.6 Å². The van der Waals surface area contributed by atoms with Crippen LogP contribution in [0, 0.1) is 0 Å². The molecule has 37 heavy (non-hydrogen) atoms. The Morgan fingerprint density at radius 3 is 2.43 bits per heavy atom. The normalized spacial score (nSPS) is 17.6. The third-order valence-electron chi connectivity index (χ3n) is 7.81. The molecule has 0 atom stereocenters. The van der Waals surface area contributed by atoms with Gasteiger partial charge in [-0.3, -0.25) is 9.59 Å². The molecule has 1 aliphatic heterocycles. The summed E-state index contributed by atoms with van der Waals surface area (Å²) in [6.07, 6.45) is 9.83. The van der Waals surface area contributed by atoms with Crippen molar-refractivity contribution in [2.45, 2.75) is 82.3 Å². The van der Waals surface area contributed by atoms with Gasteiger partial charge in [-0.15, -0.1) is 0 Å². The number of hydrogen-bond donors (Lipinski definition) is 1. The molecule has 8 heteroatoms. The van der Waals surface area contributed by atoms with Gasteiger partial charge in [0.15, 0.2) is 0 Å². The van der Waals surface area contributed by atoms with Crippen LogP contribution in [0.2, 0.25) is 0 Å². The Balaban J connectivity index is 1.48. The zero-order valence-electron chi connectivity index (χ0n) is 21.4. The standard InChI is InChI=1S/C29H35N3O4S/c1-2-31-20-26(29(34)30-23-12-6-4-3-5-7-13-23)28(33)25-18-24(14-15-27(25)31)37(35,36)32-17-16-21-10-8-9-11-22(21)19-32/h8-11,14-15,18,20,23H,2-7,12-13,16-17,19H2,1H3,(H,30,34). The van der Waals surface area contributed by atoms with Gasteiger partial charge in [-0.25, -0.2) is 8.42 Å². The zero-order chi connectivity index (χ0) is 26.0. The summed E-state index contributed by atoms with van der Waals surface area (Å²) >= 11 is 0. The second kappa shape index (κ2) is 10.8. The van der Waals surface area contributed by atoms with Crippen molar-refractivity contribution in [3.63, 3.8) is 0 Å². The quantitative estimate of drug-likeness (QED) is 0.531. The van der Waals surface area contributed by atoms with E-state index in [1.807, 2.05) is 35.8 Å². The molecular formula is C29H35N3O4S. The van der Waals surface area contributed by atoms with Gasteiger partial charge in [0.2, 0.25) is 15.5 Å². The molecule has 0 saturated heterocycles. The third kappa shape index (κ3) is 5.22. The maximum atomic E-state index is 13.6. The Labute approximate surface area is 218 Å². The van der Waals surface area contributed by atoms with Gasteiger partial charge >= 0.3 is 0 Å². The molecule has 196 valence electrons. The number of carbonyl (C=O) groups excluding carboxylic acids is 1. The minimum Gasteiger partial charge on any atom is -0.349 e. The predicted octanol–water partition coefficient (Wildman–Crippen LogP) is 4.61. The number of hydrogen-bond acceptors (Lipinski definition) is 4. The SMILES string of the molecule is CCn1cc(C(=O)NC2CCCCCCC2)c(=O)c2cc(S(=O)(=O)N3CCc4ccccc4C3)ccc21. The van der Waals surface area contributed by atoms with Crippen molar-refractivity contribution < 1.29 is 13.2 Å². The molecule has 1 saturated carbocycles. The summed E-state index contributed by atoms with van der Waals surface area (Å²) in [5, 5.41) is 3.34. The summed E-state index contributed by atoms with van der Waals surface area (Å²) in [7, 11) is -3.81. The second-order valence-electron chi connectivity index (χ2n) is 10.2. The fourth-order valence-corrected chi connectivity index (χ4v) is 7.09. The van der Waals surface area contributed by atoms with E-state index >= 15 is 0 Å². The number of sulfonamides is 1. The topological polar surface area (TPSA) is 88.5 Å². The average molecular weight is 522 g/mol. The van der Waals surface area contributed by atoms with E-state index in [0.717, 1.165) is 31.2 Å². The Kier molecular flexibility index (Phi) is 7.49. The highest BCUT2D eigenvalue weighted by Crippen LogP contribution is 2.27. The monoisotopic (exact) mass is 521 g/mol. The molecule has 3 aromatic rings. The van der Waals surface area contributed by atoms with Crippen LogP contribution in [0.1, 0.15) is 73.4 Å². The minimum atomic E-state index is -3.81. The lowest BCUT2D eigenvalue weighted by molar-refractivity contribution is 0.0928. The first-order valence-electron chi connectivity index (χ1n) is 13.4. The van der Waals surface area contributed by atoms with Crippen LogP contribution in [0.3, 0.4) is 0 Å². The molecule has 2 heterocycles. The van der Waals surface area contributed by atoms with Crippen molar-refractivity contribution in [2.75, 3.05) is 6.54 Å². The van der Waals surface area contributed by atoms with E-state index in [1.54, 1.807) is 18.3 Å². The first kappa shape index (κ1) is 25.7. The molecule has 1 N–H and O–H groups in total. The summed E-state index contributed by atoms with van der Waals surface area (Å²) in [6.45, 7) is 3.19. The smallest absolute Gasteiger partial charge is 0.256 e. The van der Waals surface area contributed by atoms with E-state index in [4.69, 9.17) is 0 Å². The summed E-state index contributed by atoms with van der Waals surface area (Å²) in [6, 6.07) is 12.6. The van der Waals surface area contributed by atoms with E-state index in [1.165, 1.54) is 35.2 Å². The highest BCUT2D eigenvalue weighted by Gasteiger charge is 2.29. The number of fused-ring (bicyclic) bond motifs is 2. The van der Waals surface area contributed by atoms with Gasteiger partial charge in [-0.1, -0.05) is 56.4 Å². The van der Waals surface area contributed by atoms with E-state index in [0.29, 0.717) is 31.6 Å². The summed E-state index contributed by atoms with van der Waals surface area (Å²) in [5.41, 5.74) is 2.43. The van der Waals surface area contributed by atoms with Crippen LogP contribution in [0.15, 0.2) is 58.4 Å². The Bertz CT molecular complexity index is 1470. The highest BCUT2D eigenvalue weighted by molar-refractivity contribution is 7.89. The first-order chi connectivity index (χ1) is 17.9. The molecule has 7 nitrogen and oxygen atoms in total. The number of carbonyl (C=O) groups is 1. The average Bonchev–Trinajstić information content (AvgIpc) is 2.89. The maximum absolute atomic E-state index is 13.6. The minimum absolute atomic E-state index is 0.0617.